The summed E-state index contributed by atoms with van der Waals surface area (Å²) in [6.45, 7) is 0. The van der Waals surface area contributed by atoms with Crippen molar-refractivity contribution in [2.24, 2.45) is 5.73 Å². The van der Waals surface area contributed by atoms with Gasteiger partial charge in [-0.1, -0.05) is 36.4 Å². The molecular weight excluding hydrogens is 268 g/mol. The van der Waals surface area contributed by atoms with Crippen LogP contribution in [-0.2, 0) is 12.8 Å². The van der Waals surface area contributed by atoms with Crippen LogP contribution < -0.4 is 10.5 Å². The molecule has 0 fully saturated rings. The fraction of sp³-hybridized carbons (Fsp3) is 0.250. The molecule has 0 radical (unpaired) electrons. The van der Waals surface area contributed by atoms with Crippen molar-refractivity contribution in [3.05, 3.63) is 69.8 Å². The molecule has 5 nitrogen and oxygen atoms in total. The summed E-state index contributed by atoms with van der Waals surface area (Å²) in [5.74, 6) is 0.264. The van der Waals surface area contributed by atoms with E-state index in [0.717, 1.165) is 17.5 Å². The zero-order valence-corrected chi connectivity index (χ0v) is 11.9. The first-order valence-corrected chi connectivity index (χ1v) is 6.71. The number of nitrogens with two attached hydrogens (primary N) is 1. The minimum atomic E-state index is -0.439. The van der Waals surface area contributed by atoms with Gasteiger partial charge in [0, 0.05) is 12.1 Å². The number of nitro groups is 1. The van der Waals surface area contributed by atoms with E-state index in [-0.39, 0.29) is 17.5 Å². The highest BCUT2D eigenvalue weighted by atomic mass is 16.6. The van der Waals surface area contributed by atoms with Gasteiger partial charge >= 0.3 is 5.69 Å². The summed E-state index contributed by atoms with van der Waals surface area (Å²) in [7, 11) is 1.42. The molecule has 110 valence electrons. The molecule has 0 bridgehead atoms. The van der Waals surface area contributed by atoms with Crippen LogP contribution >= 0.6 is 0 Å². The highest BCUT2D eigenvalue weighted by Crippen LogP contribution is 2.28. The third-order valence-corrected chi connectivity index (χ3v) is 3.28. The normalized spacial score (nSPS) is 11.9. The van der Waals surface area contributed by atoms with Crippen molar-refractivity contribution in [2.45, 2.75) is 18.9 Å². The van der Waals surface area contributed by atoms with Gasteiger partial charge in [0.1, 0.15) is 0 Å². The first kappa shape index (κ1) is 15.0. The molecule has 2 N–H and O–H groups in total. The van der Waals surface area contributed by atoms with Crippen molar-refractivity contribution in [1.29, 1.82) is 0 Å². The molecule has 21 heavy (non-hydrogen) atoms. The second kappa shape index (κ2) is 6.85. The van der Waals surface area contributed by atoms with Gasteiger partial charge in [-0.25, -0.2) is 0 Å². The number of nitrogens with zero attached hydrogens (tertiary/aromatic N) is 1. The average Bonchev–Trinajstić information content (AvgIpc) is 2.48. The Labute approximate surface area is 123 Å². The van der Waals surface area contributed by atoms with E-state index < -0.39 is 4.92 Å². The predicted molar refractivity (Wildman–Crippen MR) is 81.5 cm³/mol. The standard InChI is InChI=1S/C16H18N2O3/c1-21-16-8-7-13(11-15(16)18(19)20)10-14(17)9-12-5-3-2-4-6-12/h2-8,11,14H,9-10,17H2,1H3. The maximum Gasteiger partial charge on any atom is 0.311 e. The number of hydrogen-bond donors (Lipinski definition) is 1. The summed E-state index contributed by atoms with van der Waals surface area (Å²) in [6.07, 6.45) is 1.32. The van der Waals surface area contributed by atoms with E-state index in [1.165, 1.54) is 13.2 Å². The van der Waals surface area contributed by atoms with Crippen molar-refractivity contribution < 1.29 is 9.66 Å². The van der Waals surface area contributed by atoms with Gasteiger partial charge in [0.25, 0.3) is 0 Å². The Morgan fingerprint density at radius 3 is 2.43 bits per heavy atom. The van der Waals surface area contributed by atoms with Gasteiger partial charge in [0.2, 0.25) is 0 Å². The van der Waals surface area contributed by atoms with Crippen LogP contribution in [0.25, 0.3) is 0 Å². The minimum Gasteiger partial charge on any atom is -0.490 e. The van der Waals surface area contributed by atoms with E-state index in [4.69, 9.17) is 10.5 Å². The molecule has 2 rings (SSSR count). The second-order valence-corrected chi connectivity index (χ2v) is 4.92. The molecule has 1 unspecified atom stereocenters. The Morgan fingerprint density at radius 2 is 1.81 bits per heavy atom. The van der Waals surface area contributed by atoms with Gasteiger partial charge < -0.3 is 10.5 Å². The lowest BCUT2D eigenvalue weighted by Crippen LogP contribution is -2.25. The van der Waals surface area contributed by atoms with E-state index in [2.05, 4.69) is 0 Å². The molecule has 0 aromatic heterocycles. The molecule has 0 heterocycles. The van der Waals surface area contributed by atoms with Crippen molar-refractivity contribution in [3.63, 3.8) is 0 Å². The van der Waals surface area contributed by atoms with Crippen molar-refractivity contribution >= 4 is 5.69 Å². The second-order valence-electron chi connectivity index (χ2n) is 4.92. The summed E-state index contributed by atoms with van der Waals surface area (Å²) < 4.78 is 4.99. The number of rotatable bonds is 6. The fourth-order valence-electron chi connectivity index (χ4n) is 2.30. The fourth-order valence-corrected chi connectivity index (χ4v) is 2.30. The van der Waals surface area contributed by atoms with Crippen LogP contribution in [0.2, 0.25) is 0 Å². The third-order valence-electron chi connectivity index (χ3n) is 3.28. The molecule has 0 aliphatic carbocycles. The lowest BCUT2D eigenvalue weighted by atomic mass is 9.99. The van der Waals surface area contributed by atoms with E-state index in [0.29, 0.717) is 6.42 Å². The molecule has 5 heteroatoms. The summed E-state index contributed by atoms with van der Waals surface area (Å²) in [6, 6.07) is 14.8. The number of hydrogen-bond acceptors (Lipinski definition) is 4. The summed E-state index contributed by atoms with van der Waals surface area (Å²) in [4.78, 5) is 10.6. The first-order valence-electron chi connectivity index (χ1n) is 6.71. The van der Waals surface area contributed by atoms with E-state index in [9.17, 15) is 10.1 Å². The first-order chi connectivity index (χ1) is 10.1. The molecule has 2 aromatic rings. The molecule has 2 aromatic carbocycles. The Kier molecular flexibility index (Phi) is 4.90. The molecule has 0 aliphatic heterocycles. The van der Waals surface area contributed by atoms with Crippen molar-refractivity contribution in [1.82, 2.24) is 0 Å². The smallest absolute Gasteiger partial charge is 0.311 e. The summed E-state index contributed by atoms with van der Waals surface area (Å²) >= 11 is 0. The van der Waals surface area contributed by atoms with E-state index in [1.54, 1.807) is 6.07 Å². The van der Waals surface area contributed by atoms with Crippen LogP contribution in [0.5, 0.6) is 5.75 Å². The van der Waals surface area contributed by atoms with Crippen LogP contribution in [-0.4, -0.2) is 18.1 Å². The van der Waals surface area contributed by atoms with Gasteiger partial charge in [0.05, 0.1) is 12.0 Å². The Morgan fingerprint density at radius 1 is 1.14 bits per heavy atom. The molecule has 0 saturated carbocycles. The Bertz CT molecular complexity index is 614. The molecule has 0 saturated heterocycles. The molecule has 1 atom stereocenters. The third kappa shape index (κ3) is 4.03. The van der Waals surface area contributed by atoms with E-state index >= 15 is 0 Å². The van der Waals surface area contributed by atoms with Gasteiger partial charge in [0.15, 0.2) is 5.75 Å². The van der Waals surface area contributed by atoms with Crippen LogP contribution in [0.4, 0.5) is 5.69 Å². The SMILES string of the molecule is COc1ccc(CC(N)Cc2ccccc2)cc1[N+](=O)[O-]. The lowest BCUT2D eigenvalue weighted by Gasteiger charge is -2.12. The summed E-state index contributed by atoms with van der Waals surface area (Å²) in [5, 5.41) is 11.0. The molecule has 0 spiro atoms. The molecule has 0 amide bonds. The maximum absolute atomic E-state index is 11.0. The molecular formula is C16H18N2O3. The lowest BCUT2D eigenvalue weighted by molar-refractivity contribution is -0.385. The summed E-state index contributed by atoms with van der Waals surface area (Å²) in [5.41, 5.74) is 8.11. The van der Waals surface area contributed by atoms with E-state index in [1.807, 2.05) is 36.4 Å². The van der Waals surface area contributed by atoms with Gasteiger partial charge in [-0.05, 0) is 30.0 Å². The number of ether oxygens (including phenoxy) is 1. The Hall–Kier alpha value is -2.40. The predicted octanol–water partition coefficient (Wildman–Crippen LogP) is 2.72. The number of nitro benzene ring substituents is 1. The van der Waals surface area contributed by atoms with Gasteiger partial charge in [-0.15, -0.1) is 0 Å². The number of benzene rings is 2. The zero-order valence-electron chi connectivity index (χ0n) is 11.9. The quantitative estimate of drug-likeness (QED) is 0.654. The van der Waals surface area contributed by atoms with Crippen molar-refractivity contribution in [2.75, 3.05) is 7.11 Å². The maximum atomic E-state index is 11.0. The van der Waals surface area contributed by atoms with Crippen LogP contribution in [0, 0.1) is 10.1 Å². The highest BCUT2D eigenvalue weighted by molar-refractivity contribution is 5.48. The van der Waals surface area contributed by atoms with Crippen LogP contribution in [0.1, 0.15) is 11.1 Å². The number of methoxy groups -OCH3 is 1. The topological polar surface area (TPSA) is 78.4 Å². The average molecular weight is 286 g/mol. The van der Waals surface area contributed by atoms with Gasteiger partial charge in [-0.3, -0.25) is 10.1 Å². The van der Waals surface area contributed by atoms with Crippen LogP contribution in [0.3, 0.4) is 0 Å². The van der Waals surface area contributed by atoms with Crippen LogP contribution in [0.15, 0.2) is 48.5 Å². The van der Waals surface area contributed by atoms with Gasteiger partial charge in [-0.2, -0.15) is 0 Å². The minimum absolute atomic E-state index is 0.0260. The zero-order chi connectivity index (χ0) is 15.2. The monoisotopic (exact) mass is 286 g/mol. The Balaban J connectivity index is 2.09. The molecule has 0 aliphatic rings. The van der Waals surface area contributed by atoms with Crippen molar-refractivity contribution in [3.8, 4) is 5.75 Å². The largest absolute Gasteiger partial charge is 0.490 e. The highest BCUT2D eigenvalue weighted by Gasteiger charge is 2.16.